The van der Waals surface area contributed by atoms with Crippen molar-refractivity contribution >= 4 is 5.97 Å². The molecule has 0 aliphatic carbocycles. The Labute approximate surface area is 122 Å². The number of nitrogens with zero attached hydrogens (tertiary/aromatic N) is 1. The summed E-state index contributed by atoms with van der Waals surface area (Å²) in [6.45, 7) is 11.2. The van der Waals surface area contributed by atoms with Crippen molar-refractivity contribution in [3.63, 3.8) is 0 Å². The zero-order valence-electron chi connectivity index (χ0n) is 13.2. The number of nitrogens with two attached hydrogens (primary N) is 1. The number of rotatable bonds is 8. The van der Waals surface area contributed by atoms with Crippen molar-refractivity contribution in [1.82, 2.24) is 4.90 Å². The van der Waals surface area contributed by atoms with Crippen molar-refractivity contribution < 1.29 is 14.3 Å². The van der Waals surface area contributed by atoms with Gasteiger partial charge in [-0.2, -0.15) is 0 Å². The van der Waals surface area contributed by atoms with Crippen LogP contribution in [0.25, 0.3) is 0 Å². The first-order valence-corrected chi connectivity index (χ1v) is 7.71. The van der Waals surface area contributed by atoms with Crippen molar-refractivity contribution in [2.75, 3.05) is 46.0 Å². The van der Waals surface area contributed by atoms with Crippen molar-refractivity contribution in [1.29, 1.82) is 0 Å². The van der Waals surface area contributed by atoms with Gasteiger partial charge in [0.15, 0.2) is 0 Å². The molecule has 20 heavy (non-hydrogen) atoms. The maximum absolute atomic E-state index is 12.4. The van der Waals surface area contributed by atoms with E-state index in [0.29, 0.717) is 19.1 Å². The minimum Gasteiger partial charge on any atom is -0.466 e. The summed E-state index contributed by atoms with van der Waals surface area (Å²) in [4.78, 5) is 14.7. The molecule has 0 radical (unpaired) electrons. The Hall–Kier alpha value is -0.650. The quantitative estimate of drug-likeness (QED) is 0.681. The monoisotopic (exact) mass is 286 g/mol. The first-order valence-electron chi connectivity index (χ1n) is 7.71. The minimum atomic E-state index is -0.539. The van der Waals surface area contributed by atoms with E-state index in [4.69, 9.17) is 15.2 Å². The summed E-state index contributed by atoms with van der Waals surface area (Å²) in [5, 5.41) is 0. The van der Waals surface area contributed by atoms with Crippen LogP contribution in [0.5, 0.6) is 0 Å². The lowest BCUT2D eigenvalue weighted by Gasteiger charge is -2.35. The third kappa shape index (κ3) is 5.04. The normalized spacial score (nSPS) is 19.9. The van der Waals surface area contributed by atoms with Crippen LogP contribution in [0.3, 0.4) is 0 Å². The molecule has 1 rings (SSSR count). The number of hydrogen-bond acceptors (Lipinski definition) is 5. The summed E-state index contributed by atoms with van der Waals surface area (Å²) >= 11 is 0. The van der Waals surface area contributed by atoms with E-state index in [1.165, 1.54) is 0 Å². The van der Waals surface area contributed by atoms with Gasteiger partial charge in [0.05, 0.1) is 25.2 Å². The lowest BCUT2D eigenvalue weighted by Crippen LogP contribution is -2.45. The molecule has 1 fully saturated rings. The van der Waals surface area contributed by atoms with Gasteiger partial charge in [0, 0.05) is 19.6 Å². The number of carbonyl (C=O) groups is 1. The maximum atomic E-state index is 12.4. The highest BCUT2D eigenvalue weighted by molar-refractivity contribution is 5.77. The fourth-order valence-corrected chi connectivity index (χ4v) is 2.82. The Bertz CT molecular complexity index is 291. The molecule has 0 spiro atoms. The van der Waals surface area contributed by atoms with E-state index in [0.717, 1.165) is 45.7 Å². The van der Waals surface area contributed by atoms with E-state index in [-0.39, 0.29) is 5.97 Å². The average molecular weight is 286 g/mol. The summed E-state index contributed by atoms with van der Waals surface area (Å²) in [6, 6.07) is 0. The molecule has 0 bridgehead atoms. The zero-order valence-corrected chi connectivity index (χ0v) is 13.2. The highest BCUT2D eigenvalue weighted by Gasteiger charge is 2.39. The Kier molecular flexibility index (Phi) is 7.48. The van der Waals surface area contributed by atoms with Gasteiger partial charge in [-0.1, -0.05) is 13.8 Å². The van der Waals surface area contributed by atoms with E-state index >= 15 is 0 Å². The number of esters is 1. The zero-order chi connectivity index (χ0) is 15.0. The van der Waals surface area contributed by atoms with Crippen molar-refractivity contribution in [3.8, 4) is 0 Å². The molecule has 2 N–H and O–H groups in total. The molecule has 1 atom stereocenters. The van der Waals surface area contributed by atoms with E-state index in [1.54, 1.807) is 0 Å². The molecule has 0 saturated carbocycles. The van der Waals surface area contributed by atoms with Gasteiger partial charge in [0.1, 0.15) is 0 Å². The number of carbonyl (C=O) groups excluding carboxylic acids is 1. The van der Waals surface area contributed by atoms with E-state index in [2.05, 4.69) is 18.7 Å². The second-order valence-corrected chi connectivity index (χ2v) is 6.01. The summed E-state index contributed by atoms with van der Waals surface area (Å²) in [5.74, 6) is 0.289. The average Bonchev–Trinajstić information content (AvgIpc) is 2.44. The minimum absolute atomic E-state index is 0.135. The van der Waals surface area contributed by atoms with Gasteiger partial charge in [-0.3, -0.25) is 9.69 Å². The van der Waals surface area contributed by atoms with Gasteiger partial charge in [-0.05, 0) is 32.2 Å². The molecule has 5 heteroatoms. The van der Waals surface area contributed by atoms with Crippen LogP contribution in [0, 0.1) is 11.3 Å². The van der Waals surface area contributed by atoms with Crippen LogP contribution in [0.2, 0.25) is 0 Å². The molecule has 1 aliphatic heterocycles. The molecule has 1 unspecified atom stereocenters. The smallest absolute Gasteiger partial charge is 0.313 e. The van der Waals surface area contributed by atoms with Gasteiger partial charge in [-0.15, -0.1) is 0 Å². The molecule has 1 aliphatic rings. The predicted molar refractivity (Wildman–Crippen MR) is 79.5 cm³/mol. The molecule has 118 valence electrons. The van der Waals surface area contributed by atoms with Crippen LogP contribution >= 0.6 is 0 Å². The molecule has 0 aromatic heterocycles. The van der Waals surface area contributed by atoms with Crippen molar-refractivity contribution in [3.05, 3.63) is 0 Å². The first kappa shape index (κ1) is 17.4. The van der Waals surface area contributed by atoms with Gasteiger partial charge >= 0.3 is 5.97 Å². The number of hydrogen-bond donors (Lipinski definition) is 1. The first-order chi connectivity index (χ1) is 9.54. The molecular weight excluding hydrogens is 256 g/mol. The molecule has 0 amide bonds. The lowest BCUT2D eigenvalue weighted by molar-refractivity contribution is -0.156. The van der Waals surface area contributed by atoms with Crippen molar-refractivity contribution in [2.24, 2.45) is 17.1 Å². The predicted octanol–water partition coefficient (Wildman–Crippen LogP) is 1.26. The van der Waals surface area contributed by atoms with E-state index in [9.17, 15) is 4.79 Å². The standard InChI is InChI=1S/C15H30N2O3/c1-4-20-14(18)15(12-16,11-13(2)3)5-6-17-7-9-19-10-8-17/h13H,4-12,16H2,1-3H3. The SMILES string of the molecule is CCOC(=O)C(CN)(CCN1CCOCC1)CC(C)C. The Morgan fingerprint density at radius 2 is 2.05 bits per heavy atom. The fourth-order valence-electron chi connectivity index (χ4n) is 2.82. The van der Waals surface area contributed by atoms with Gasteiger partial charge in [0.2, 0.25) is 0 Å². The van der Waals surface area contributed by atoms with Gasteiger partial charge in [0.25, 0.3) is 0 Å². The summed E-state index contributed by atoms with van der Waals surface area (Å²) < 4.78 is 10.6. The highest BCUT2D eigenvalue weighted by Crippen LogP contribution is 2.31. The third-order valence-corrected chi connectivity index (χ3v) is 3.91. The molecule has 0 aromatic carbocycles. The van der Waals surface area contributed by atoms with E-state index in [1.807, 2.05) is 6.92 Å². The van der Waals surface area contributed by atoms with Crippen molar-refractivity contribution in [2.45, 2.75) is 33.6 Å². The topological polar surface area (TPSA) is 64.8 Å². The lowest BCUT2D eigenvalue weighted by atomic mass is 9.77. The van der Waals surface area contributed by atoms with Crippen LogP contribution in [0.15, 0.2) is 0 Å². The Morgan fingerprint density at radius 3 is 2.55 bits per heavy atom. The second kappa shape index (κ2) is 8.60. The summed E-state index contributed by atoms with van der Waals surface area (Å²) in [5.41, 5.74) is 5.42. The maximum Gasteiger partial charge on any atom is 0.313 e. The molecule has 1 heterocycles. The van der Waals surface area contributed by atoms with Crippen LogP contribution in [-0.4, -0.2) is 56.9 Å². The Morgan fingerprint density at radius 1 is 1.40 bits per heavy atom. The molecule has 0 aromatic rings. The molecular formula is C15H30N2O3. The number of ether oxygens (including phenoxy) is 2. The summed E-state index contributed by atoms with van der Waals surface area (Å²) in [6.07, 6.45) is 1.55. The van der Waals surface area contributed by atoms with Crippen LogP contribution in [0.4, 0.5) is 0 Å². The number of morpholine rings is 1. The third-order valence-electron chi connectivity index (χ3n) is 3.91. The largest absolute Gasteiger partial charge is 0.466 e. The molecule has 1 saturated heterocycles. The van der Waals surface area contributed by atoms with Gasteiger partial charge < -0.3 is 15.2 Å². The highest BCUT2D eigenvalue weighted by atomic mass is 16.5. The second-order valence-electron chi connectivity index (χ2n) is 6.01. The van der Waals surface area contributed by atoms with Gasteiger partial charge in [-0.25, -0.2) is 0 Å². The Balaban J connectivity index is 2.66. The van der Waals surface area contributed by atoms with Crippen LogP contribution < -0.4 is 5.73 Å². The van der Waals surface area contributed by atoms with E-state index < -0.39 is 5.41 Å². The van der Waals surface area contributed by atoms with Crippen LogP contribution in [0.1, 0.15) is 33.6 Å². The van der Waals surface area contributed by atoms with Crippen LogP contribution in [-0.2, 0) is 14.3 Å². The molecule has 5 nitrogen and oxygen atoms in total. The fraction of sp³-hybridized carbons (Fsp3) is 0.933. The summed E-state index contributed by atoms with van der Waals surface area (Å²) in [7, 11) is 0.